The van der Waals surface area contributed by atoms with E-state index in [0.717, 1.165) is 36.5 Å². The molecule has 0 radical (unpaired) electrons. The summed E-state index contributed by atoms with van der Waals surface area (Å²) in [4.78, 5) is 2.57. The molecule has 0 bridgehead atoms. The molecule has 1 heterocycles. The van der Waals surface area contributed by atoms with Crippen LogP contribution in [0.2, 0.25) is 10.0 Å². The first-order valence-electron chi connectivity index (χ1n) is 7.92. The van der Waals surface area contributed by atoms with Gasteiger partial charge in [-0.1, -0.05) is 42.6 Å². The third kappa shape index (κ3) is 3.92. The molecular formula is C17H26Cl2N2. The number of nitrogens with two attached hydrogens (primary N) is 1. The lowest BCUT2D eigenvalue weighted by Crippen LogP contribution is -2.59. The first kappa shape index (κ1) is 17.1. The Morgan fingerprint density at radius 2 is 1.90 bits per heavy atom. The Bertz CT molecular complexity index is 472. The van der Waals surface area contributed by atoms with Crippen LogP contribution in [0.1, 0.15) is 45.1 Å². The molecule has 0 saturated carbocycles. The fourth-order valence-electron chi connectivity index (χ4n) is 3.27. The zero-order chi connectivity index (χ0) is 15.5. The highest BCUT2D eigenvalue weighted by Gasteiger charge is 2.36. The molecule has 2 rings (SSSR count). The van der Waals surface area contributed by atoms with Crippen LogP contribution < -0.4 is 5.73 Å². The fourth-order valence-corrected chi connectivity index (χ4v) is 3.75. The third-order valence-corrected chi connectivity index (χ3v) is 5.63. The Morgan fingerprint density at radius 3 is 2.48 bits per heavy atom. The van der Waals surface area contributed by atoms with Gasteiger partial charge < -0.3 is 5.73 Å². The highest BCUT2D eigenvalue weighted by molar-refractivity contribution is 6.35. The molecular weight excluding hydrogens is 303 g/mol. The van der Waals surface area contributed by atoms with Crippen LogP contribution in [0.3, 0.4) is 0 Å². The van der Waals surface area contributed by atoms with Crippen molar-refractivity contribution < 1.29 is 0 Å². The van der Waals surface area contributed by atoms with Crippen LogP contribution >= 0.6 is 23.2 Å². The van der Waals surface area contributed by atoms with Crippen molar-refractivity contribution >= 4 is 23.2 Å². The minimum absolute atomic E-state index is 0.0311. The molecule has 21 heavy (non-hydrogen) atoms. The predicted molar refractivity (Wildman–Crippen MR) is 92.3 cm³/mol. The molecule has 2 N–H and O–H groups in total. The summed E-state index contributed by atoms with van der Waals surface area (Å²) in [6.45, 7) is 6.85. The molecule has 0 amide bonds. The van der Waals surface area contributed by atoms with E-state index in [9.17, 15) is 0 Å². The van der Waals surface area contributed by atoms with Crippen LogP contribution in [0.15, 0.2) is 18.2 Å². The zero-order valence-corrected chi connectivity index (χ0v) is 14.6. The molecule has 0 aliphatic carbocycles. The van der Waals surface area contributed by atoms with Gasteiger partial charge in [-0.15, -0.1) is 0 Å². The van der Waals surface area contributed by atoms with Gasteiger partial charge >= 0.3 is 0 Å². The van der Waals surface area contributed by atoms with E-state index < -0.39 is 0 Å². The number of likely N-dealkylation sites (tertiary alicyclic amines) is 1. The van der Waals surface area contributed by atoms with Crippen LogP contribution in [0.5, 0.6) is 0 Å². The molecule has 118 valence electrons. The third-order valence-electron chi connectivity index (χ3n) is 5.05. The Labute approximate surface area is 138 Å². The van der Waals surface area contributed by atoms with Gasteiger partial charge in [0.25, 0.3) is 0 Å². The first-order chi connectivity index (χ1) is 9.97. The predicted octanol–water partition coefficient (Wildman–Crippen LogP) is 4.52. The van der Waals surface area contributed by atoms with E-state index in [-0.39, 0.29) is 11.6 Å². The number of hydrogen-bond acceptors (Lipinski definition) is 2. The van der Waals surface area contributed by atoms with E-state index in [4.69, 9.17) is 28.9 Å². The molecule has 1 aromatic carbocycles. The van der Waals surface area contributed by atoms with E-state index in [1.54, 1.807) is 6.07 Å². The first-order valence-corrected chi connectivity index (χ1v) is 8.67. The Morgan fingerprint density at radius 1 is 1.24 bits per heavy atom. The number of hydrogen-bond donors (Lipinski definition) is 1. The molecule has 0 spiro atoms. The maximum absolute atomic E-state index is 6.60. The van der Waals surface area contributed by atoms with Gasteiger partial charge in [-0.2, -0.15) is 0 Å². The maximum atomic E-state index is 6.60. The number of rotatable bonds is 5. The molecule has 1 aliphatic heterocycles. The van der Waals surface area contributed by atoms with E-state index in [0.29, 0.717) is 5.02 Å². The zero-order valence-electron chi connectivity index (χ0n) is 13.0. The van der Waals surface area contributed by atoms with Gasteiger partial charge in [0.1, 0.15) is 0 Å². The summed E-state index contributed by atoms with van der Waals surface area (Å²) >= 11 is 12.3. The summed E-state index contributed by atoms with van der Waals surface area (Å²) in [5, 5.41) is 1.39. The standard InChI is InChI=1S/C17H26Cl2N2/c1-3-17(2,21-9-5-4-6-10-21)16(20)11-13-7-8-14(18)12-15(13)19/h7-8,12,16H,3-6,9-11,20H2,1-2H3. The van der Waals surface area contributed by atoms with E-state index >= 15 is 0 Å². The lowest BCUT2D eigenvalue weighted by atomic mass is 9.83. The van der Waals surface area contributed by atoms with Gasteiger partial charge in [-0.3, -0.25) is 4.90 Å². The Hall–Kier alpha value is -0.280. The second-order valence-corrected chi connectivity index (χ2v) is 7.15. The van der Waals surface area contributed by atoms with Gasteiger partial charge in [0.15, 0.2) is 0 Å². The summed E-state index contributed by atoms with van der Waals surface area (Å²) in [5.41, 5.74) is 7.72. The summed E-state index contributed by atoms with van der Waals surface area (Å²) in [5.74, 6) is 0. The molecule has 2 nitrogen and oxygen atoms in total. The quantitative estimate of drug-likeness (QED) is 0.861. The van der Waals surface area contributed by atoms with Crippen molar-refractivity contribution in [3.05, 3.63) is 33.8 Å². The van der Waals surface area contributed by atoms with Crippen LogP contribution in [0.25, 0.3) is 0 Å². The second kappa shape index (κ2) is 7.32. The minimum atomic E-state index is 0.0311. The molecule has 1 aromatic rings. The van der Waals surface area contributed by atoms with E-state index in [1.807, 2.05) is 12.1 Å². The normalized spacial score (nSPS) is 21.0. The fraction of sp³-hybridized carbons (Fsp3) is 0.647. The Kier molecular flexibility index (Phi) is 5.96. The number of halogens is 2. The lowest BCUT2D eigenvalue weighted by molar-refractivity contribution is 0.0546. The minimum Gasteiger partial charge on any atom is -0.326 e. The van der Waals surface area contributed by atoms with Gasteiger partial charge in [0, 0.05) is 21.6 Å². The van der Waals surface area contributed by atoms with E-state index in [2.05, 4.69) is 18.7 Å². The van der Waals surface area contributed by atoms with Gasteiger partial charge in [0.05, 0.1) is 0 Å². The van der Waals surface area contributed by atoms with Crippen molar-refractivity contribution in [3.8, 4) is 0 Å². The monoisotopic (exact) mass is 328 g/mol. The topological polar surface area (TPSA) is 29.3 Å². The number of benzene rings is 1. The maximum Gasteiger partial charge on any atom is 0.0453 e. The van der Waals surface area contributed by atoms with Crippen molar-refractivity contribution in [1.82, 2.24) is 4.90 Å². The summed E-state index contributed by atoms with van der Waals surface area (Å²) in [6.07, 6.45) is 5.75. The van der Waals surface area contributed by atoms with Crippen molar-refractivity contribution in [2.24, 2.45) is 5.73 Å². The van der Waals surface area contributed by atoms with Gasteiger partial charge in [0.2, 0.25) is 0 Å². The molecule has 0 aromatic heterocycles. The van der Waals surface area contributed by atoms with Crippen LogP contribution in [-0.2, 0) is 6.42 Å². The smallest absolute Gasteiger partial charge is 0.0453 e. The average Bonchev–Trinajstić information content (AvgIpc) is 2.50. The molecule has 1 aliphatic rings. The average molecular weight is 329 g/mol. The summed E-state index contributed by atoms with van der Waals surface area (Å²) in [7, 11) is 0. The highest BCUT2D eigenvalue weighted by Crippen LogP contribution is 2.30. The van der Waals surface area contributed by atoms with Crippen molar-refractivity contribution in [3.63, 3.8) is 0 Å². The van der Waals surface area contributed by atoms with Gasteiger partial charge in [-0.25, -0.2) is 0 Å². The van der Waals surface area contributed by atoms with Gasteiger partial charge in [-0.05, 0) is 63.4 Å². The number of nitrogens with zero attached hydrogens (tertiary/aromatic N) is 1. The molecule has 1 fully saturated rings. The largest absolute Gasteiger partial charge is 0.326 e. The van der Waals surface area contributed by atoms with Crippen molar-refractivity contribution in [1.29, 1.82) is 0 Å². The van der Waals surface area contributed by atoms with Crippen molar-refractivity contribution in [2.75, 3.05) is 13.1 Å². The summed E-state index contributed by atoms with van der Waals surface area (Å²) < 4.78 is 0. The highest BCUT2D eigenvalue weighted by atomic mass is 35.5. The van der Waals surface area contributed by atoms with E-state index in [1.165, 1.54) is 19.3 Å². The van der Waals surface area contributed by atoms with Crippen LogP contribution in [0.4, 0.5) is 0 Å². The number of piperidine rings is 1. The SMILES string of the molecule is CCC(C)(C(N)Cc1ccc(Cl)cc1Cl)N1CCCCC1. The second-order valence-electron chi connectivity index (χ2n) is 6.30. The molecule has 1 saturated heterocycles. The van der Waals surface area contributed by atoms with Crippen molar-refractivity contribution in [2.45, 2.75) is 57.5 Å². The van der Waals surface area contributed by atoms with Crippen LogP contribution in [-0.4, -0.2) is 29.6 Å². The molecule has 2 atom stereocenters. The summed E-state index contributed by atoms with van der Waals surface area (Å²) in [6, 6.07) is 5.76. The van der Waals surface area contributed by atoms with Crippen LogP contribution in [0, 0.1) is 0 Å². The molecule has 4 heteroatoms. The molecule has 2 unspecified atom stereocenters. The lowest BCUT2D eigenvalue weighted by Gasteiger charge is -2.47. The Balaban J connectivity index is 2.13.